The lowest BCUT2D eigenvalue weighted by molar-refractivity contribution is -0.384. The van der Waals surface area contributed by atoms with Gasteiger partial charge < -0.3 is 31.2 Å². The highest BCUT2D eigenvalue weighted by Gasteiger charge is 2.34. The molecule has 1 aromatic heterocycles. The number of nitrogens with two attached hydrogens (primary N) is 2. The molecule has 1 aromatic carbocycles. The summed E-state index contributed by atoms with van der Waals surface area (Å²) >= 11 is 0. The van der Waals surface area contributed by atoms with Crippen molar-refractivity contribution < 1.29 is 27.6 Å². The van der Waals surface area contributed by atoms with E-state index >= 15 is 0 Å². The van der Waals surface area contributed by atoms with Crippen molar-refractivity contribution >= 4 is 34.8 Å². The van der Waals surface area contributed by atoms with Crippen molar-refractivity contribution in [3.63, 3.8) is 0 Å². The summed E-state index contributed by atoms with van der Waals surface area (Å²) in [6, 6.07) is 6.66. The number of guanidine groups is 2. The Hall–Kier alpha value is -4.14. The van der Waals surface area contributed by atoms with Crippen molar-refractivity contribution in [2.45, 2.75) is 6.36 Å². The molecule has 0 unspecified atom stereocenters. The van der Waals surface area contributed by atoms with E-state index in [2.05, 4.69) is 25.0 Å². The molecule has 1 saturated heterocycles. The third-order valence-electron chi connectivity index (χ3n) is 4.23. The first kappa shape index (κ1) is 23.5. The molecule has 0 aliphatic carbocycles. The zero-order valence-corrected chi connectivity index (χ0v) is 17.0. The van der Waals surface area contributed by atoms with Crippen molar-refractivity contribution in [3.05, 3.63) is 46.6 Å². The van der Waals surface area contributed by atoms with Crippen LogP contribution in [0.3, 0.4) is 0 Å². The SMILES string of the molecule is NC(=Nc1ccccn1)N=C(N)Nc1cc(N2CCOCC2)c([N+](=O)[O-])cc1OC(F)(F)F. The molecule has 2 aromatic rings. The highest BCUT2D eigenvalue weighted by Crippen LogP contribution is 2.40. The molecule has 2 heterocycles. The van der Waals surface area contributed by atoms with Gasteiger partial charge in [0, 0.05) is 19.3 Å². The average Bonchev–Trinajstić information content (AvgIpc) is 2.74. The van der Waals surface area contributed by atoms with Crippen LogP contribution in [0.1, 0.15) is 0 Å². The van der Waals surface area contributed by atoms with Crippen LogP contribution in [0.2, 0.25) is 0 Å². The molecule has 0 spiro atoms. The molecule has 3 rings (SSSR count). The number of alkyl halides is 3. The van der Waals surface area contributed by atoms with Crippen LogP contribution in [0.4, 0.5) is 36.1 Å². The van der Waals surface area contributed by atoms with Gasteiger partial charge in [-0.25, -0.2) is 4.98 Å². The van der Waals surface area contributed by atoms with Crippen molar-refractivity contribution in [1.29, 1.82) is 0 Å². The van der Waals surface area contributed by atoms with E-state index in [1.165, 1.54) is 6.20 Å². The molecule has 5 N–H and O–H groups in total. The first-order valence-corrected chi connectivity index (χ1v) is 9.39. The van der Waals surface area contributed by atoms with E-state index in [9.17, 15) is 23.3 Å². The number of pyridine rings is 1. The Kier molecular flexibility index (Phi) is 7.12. The average molecular weight is 468 g/mol. The molecule has 0 radical (unpaired) electrons. The van der Waals surface area contributed by atoms with E-state index in [-0.39, 0.29) is 23.2 Å². The molecular weight excluding hydrogens is 449 g/mol. The predicted molar refractivity (Wildman–Crippen MR) is 114 cm³/mol. The number of hydrogen-bond acceptors (Lipinski definition) is 7. The molecular formula is C18H19F3N8O4. The van der Waals surface area contributed by atoms with Gasteiger partial charge in [0.2, 0.25) is 11.9 Å². The number of anilines is 2. The van der Waals surface area contributed by atoms with Gasteiger partial charge in [-0.05, 0) is 18.2 Å². The summed E-state index contributed by atoms with van der Waals surface area (Å²) < 4.78 is 48.0. The van der Waals surface area contributed by atoms with Crippen LogP contribution >= 0.6 is 0 Å². The molecule has 1 aliphatic heterocycles. The Morgan fingerprint density at radius 1 is 1.27 bits per heavy atom. The fourth-order valence-corrected chi connectivity index (χ4v) is 2.92. The molecule has 0 amide bonds. The normalized spacial score (nSPS) is 15.3. The van der Waals surface area contributed by atoms with Crippen molar-refractivity contribution in [2.75, 3.05) is 36.5 Å². The standard InChI is InChI=1S/C18H19F3N8O4/c19-18(20,21)33-14-10-13(29(30)31)12(28-5-7-32-8-6-28)9-11(14)25-16(22)27-17(23)26-15-3-1-2-4-24-15/h1-4,9-10H,5-8H2,(H5,22,23,24,25,26,27). The Morgan fingerprint density at radius 2 is 2.00 bits per heavy atom. The molecule has 176 valence electrons. The number of rotatable bonds is 5. The number of hydrogen-bond donors (Lipinski definition) is 3. The van der Waals surface area contributed by atoms with Gasteiger partial charge >= 0.3 is 6.36 Å². The number of aliphatic imine (C=N–C) groups is 2. The maximum absolute atomic E-state index is 12.9. The molecule has 1 fully saturated rings. The topological polar surface area (TPSA) is 167 Å². The lowest BCUT2D eigenvalue weighted by Gasteiger charge is -2.29. The van der Waals surface area contributed by atoms with Gasteiger partial charge in [-0.1, -0.05) is 6.07 Å². The zero-order chi connectivity index (χ0) is 24.0. The van der Waals surface area contributed by atoms with E-state index in [0.29, 0.717) is 32.4 Å². The monoisotopic (exact) mass is 468 g/mol. The number of ether oxygens (including phenoxy) is 2. The third kappa shape index (κ3) is 6.67. The summed E-state index contributed by atoms with van der Waals surface area (Å²) in [5.41, 5.74) is 10.6. The summed E-state index contributed by atoms with van der Waals surface area (Å²) in [6.45, 7) is 1.19. The minimum atomic E-state index is -5.11. The quantitative estimate of drug-likeness (QED) is 0.258. The van der Waals surface area contributed by atoms with Crippen molar-refractivity contribution in [2.24, 2.45) is 21.5 Å². The van der Waals surface area contributed by atoms with Gasteiger partial charge in [-0.3, -0.25) is 10.1 Å². The first-order chi connectivity index (χ1) is 15.6. The van der Waals surface area contributed by atoms with Gasteiger partial charge in [0.15, 0.2) is 11.6 Å². The molecule has 0 saturated carbocycles. The van der Waals surface area contributed by atoms with E-state index < -0.39 is 28.7 Å². The smallest absolute Gasteiger partial charge is 0.403 e. The summed E-state index contributed by atoms with van der Waals surface area (Å²) in [6.07, 6.45) is -3.64. The zero-order valence-electron chi connectivity index (χ0n) is 17.0. The van der Waals surface area contributed by atoms with Gasteiger partial charge in [-0.2, -0.15) is 9.98 Å². The fraction of sp³-hybridized carbons (Fsp3) is 0.278. The summed E-state index contributed by atoms with van der Waals surface area (Å²) in [4.78, 5) is 24.0. The molecule has 0 bridgehead atoms. The maximum Gasteiger partial charge on any atom is 0.573 e. The van der Waals surface area contributed by atoms with Crippen LogP contribution in [-0.4, -0.2) is 54.5 Å². The molecule has 33 heavy (non-hydrogen) atoms. The lowest BCUT2D eigenvalue weighted by Crippen LogP contribution is -2.36. The minimum Gasteiger partial charge on any atom is -0.403 e. The fourth-order valence-electron chi connectivity index (χ4n) is 2.92. The highest BCUT2D eigenvalue weighted by molar-refractivity contribution is 6.02. The van der Waals surface area contributed by atoms with Crippen molar-refractivity contribution in [3.8, 4) is 5.75 Å². The molecule has 0 atom stereocenters. The minimum absolute atomic E-state index is 0.0586. The highest BCUT2D eigenvalue weighted by atomic mass is 19.4. The number of nitrogens with zero attached hydrogens (tertiary/aromatic N) is 5. The largest absolute Gasteiger partial charge is 0.573 e. The van der Waals surface area contributed by atoms with Crippen LogP contribution in [-0.2, 0) is 4.74 Å². The Bertz CT molecular complexity index is 1060. The Balaban J connectivity index is 1.98. The van der Waals surface area contributed by atoms with E-state index in [4.69, 9.17) is 16.2 Å². The number of morpholine rings is 1. The van der Waals surface area contributed by atoms with Gasteiger partial charge in [-0.15, -0.1) is 13.2 Å². The number of nitrogens with one attached hydrogen (secondary N) is 1. The molecule has 15 heteroatoms. The third-order valence-corrected chi connectivity index (χ3v) is 4.23. The summed E-state index contributed by atoms with van der Waals surface area (Å²) in [5, 5.41) is 14.0. The van der Waals surface area contributed by atoms with Crippen LogP contribution in [0.15, 0.2) is 46.5 Å². The molecule has 12 nitrogen and oxygen atoms in total. The second-order valence-corrected chi connectivity index (χ2v) is 6.52. The second kappa shape index (κ2) is 9.99. The molecule has 1 aliphatic rings. The van der Waals surface area contributed by atoms with Gasteiger partial charge in [0.1, 0.15) is 5.69 Å². The predicted octanol–water partition coefficient (Wildman–Crippen LogP) is 2.10. The lowest BCUT2D eigenvalue weighted by atomic mass is 10.2. The Labute approximate surface area is 184 Å². The van der Waals surface area contributed by atoms with Gasteiger partial charge in [0.05, 0.1) is 29.9 Å². The van der Waals surface area contributed by atoms with Crippen molar-refractivity contribution in [1.82, 2.24) is 4.98 Å². The number of nitro benzene ring substituents is 1. The van der Waals surface area contributed by atoms with E-state index in [1.807, 2.05) is 0 Å². The number of benzene rings is 1. The number of halogens is 3. The van der Waals surface area contributed by atoms with E-state index in [1.54, 1.807) is 23.1 Å². The Morgan fingerprint density at radius 3 is 2.61 bits per heavy atom. The number of aromatic nitrogens is 1. The van der Waals surface area contributed by atoms with E-state index in [0.717, 1.165) is 6.07 Å². The summed E-state index contributed by atoms with van der Waals surface area (Å²) in [5.74, 6) is -1.39. The van der Waals surface area contributed by atoms with Crippen LogP contribution < -0.4 is 26.4 Å². The first-order valence-electron chi connectivity index (χ1n) is 9.39. The van der Waals surface area contributed by atoms with Crippen LogP contribution in [0.5, 0.6) is 5.75 Å². The maximum atomic E-state index is 12.9. The van der Waals surface area contributed by atoms with Crippen LogP contribution in [0, 0.1) is 10.1 Å². The van der Waals surface area contributed by atoms with Gasteiger partial charge in [0.25, 0.3) is 5.69 Å². The number of nitro groups is 1. The van der Waals surface area contributed by atoms with Crippen LogP contribution in [0.25, 0.3) is 0 Å². The second-order valence-electron chi connectivity index (χ2n) is 6.52. The summed E-state index contributed by atoms with van der Waals surface area (Å²) in [7, 11) is 0.